The Labute approximate surface area is 224 Å². The third kappa shape index (κ3) is 8.11. The summed E-state index contributed by atoms with van der Waals surface area (Å²) in [4.78, 5) is 28.3. The predicted octanol–water partition coefficient (Wildman–Crippen LogP) is 5.04. The Morgan fingerprint density at radius 2 is 1.56 bits per heavy atom. The summed E-state index contributed by atoms with van der Waals surface area (Å²) in [5, 5.41) is 3.61. The van der Waals surface area contributed by atoms with Crippen LogP contribution in [0.4, 0.5) is 5.69 Å². The summed E-state index contributed by atoms with van der Waals surface area (Å²) in [5.41, 5.74) is 1.36. The van der Waals surface area contributed by atoms with Gasteiger partial charge in [0.1, 0.15) is 12.6 Å². The first kappa shape index (κ1) is 29.9. The number of hydrogen-bond acceptors (Lipinski definition) is 4. The van der Waals surface area contributed by atoms with E-state index in [0.29, 0.717) is 27.7 Å². The molecular formula is C26H35Cl2N3O4S. The van der Waals surface area contributed by atoms with E-state index >= 15 is 0 Å². The van der Waals surface area contributed by atoms with E-state index < -0.39 is 34.1 Å². The maximum absolute atomic E-state index is 13.7. The maximum atomic E-state index is 13.7. The molecule has 0 aliphatic rings. The number of carbonyl (C=O) groups is 2. The number of aryl methyl sites for hydroxylation is 1. The topological polar surface area (TPSA) is 86.8 Å². The first-order chi connectivity index (χ1) is 16.7. The Kier molecular flexibility index (Phi) is 10.2. The lowest BCUT2D eigenvalue weighted by atomic mass is 10.1. The lowest BCUT2D eigenvalue weighted by molar-refractivity contribution is -0.141. The van der Waals surface area contributed by atoms with Crippen LogP contribution in [0.15, 0.2) is 42.5 Å². The van der Waals surface area contributed by atoms with Crippen molar-refractivity contribution in [2.45, 2.75) is 65.6 Å². The first-order valence-corrected chi connectivity index (χ1v) is 14.4. The van der Waals surface area contributed by atoms with Crippen LogP contribution in [0.1, 0.15) is 52.2 Å². The molecule has 7 nitrogen and oxygen atoms in total. The van der Waals surface area contributed by atoms with Crippen LogP contribution in [-0.4, -0.2) is 49.5 Å². The number of nitrogens with zero attached hydrogens (tertiary/aromatic N) is 2. The van der Waals surface area contributed by atoms with Crippen LogP contribution in [-0.2, 0) is 32.6 Å². The van der Waals surface area contributed by atoms with E-state index in [1.165, 1.54) is 4.90 Å². The minimum atomic E-state index is -3.80. The van der Waals surface area contributed by atoms with Crippen molar-refractivity contribution in [2.75, 3.05) is 17.1 Å². The van der Waals surface area contributed by atoms with Crippen molar-refractivity contribution in [2.24, 2.45) is 0 Å². The summed E-state index contributed by atoms with van der Waals surface area (Å²) in [6.07, 6.45) is 2.15. The number of hydrogen-bond donors (Lipinski definition) is 1. The number of amides is 2. The largest absolute Gasteiger partial charge is 0.350 e. The van der Waals surface area contributed by atoms with Crippen molar-refractivity contribution < 1.29 is 18.0 Å². The van der Waals surface area contributed by atoms with Gasteiger partial charge in [-0.05, 0) is 63.4 Å². The van der Waals surface area contributed by atoms with E-state index in [0.717, 1.165) is 22.5 Å². The van der Waals surface area contributed by atoms with Gasteiger partial charge in [0.25, 0.3) is 0 Å². The number of halogens is 2. The van der Waals surface area contributed by atoms with Crippen molar-refractivity contribution in [3.05, 3.63) is 63.6 Å². The quantitative estimate of drug-likeness (QED) is 0.444. The molecule has 0 radical (unpaired) electrons. The summed E-state index contributed by atoms with van der Waals surface area (Å²) in [5.74, 6) is -0.897. The van der Waals surface area contributed by atoms with E-state index in [4.69, 9.17) is 23.2 Å². The lowest BCUT2D eigenvalue weighted by Gasteiger charge is -2.34. The molecular weight excluding hydrogens is 521 g/mol. The number of nitrogens with one attached hydrogen (secondary N) is 1. The van der Waals surface area contributed by atoms with Gasteiger partial charge in [-0.3, -0.25) is 13.9 Å². The molecule has 36 heavy (non-hydrogen) atoms. The second-order valence-electron chi connectivity index (χ2n) is 9.67. The molecule has 0 fully saturated rings. The highest BCUT2D eigenvalue weighted by Crippen LogP contribution is 2.28. The van der Waals surface area contributed by atoms with Gasteiger partial charge in [0.2, 0.25) is 21.8 Å². The Morgan fingerprint density at radius 1 is 1.00 bits per heavy atom. The predicted molar refractivity (Wildman–Crippen MR) is 147 cm³/mol. The third-order valence-electron chi connectivity index (χ3n) is 5.59. The van der Waals surface area contributed by atoms with Crippen LogP contribution in [0.5, 0.6) is 0 Å². The normalized spacial score (nSPS) is 12.7. The minimum Gasteiger partial charge on any atom is -0.350 e. The molecule has 0 aromatic heterocycles. The second-order valence-corrected chi connectivity index (χ2v) is 12.4. The van der Waals surface area contributed by atoms with Crippen LogP contribution < -0.4 is 9.62 Å². The van der Waals surface area contributed by atoms with Gasteiger partial charge in [-0.2, -0.15) is 0 Å². The highest BCUT2D eigenvalue weighted by Gasteiger charge is 2.33. The summed E-state index contributed by atoms with van der Waals surface area (Å²) in [7, 11) is -3.80. The number of benzene rings is 2. The molecule has 0 bridgehead atoms. The third-order valence-corrected chi connectivity index (χ3v) is 7.43. The lowest BCUT2D eigenvalue weighted by Crippen LogP contribution is -2.55. The Balaban J connectivity index is 2.51. The molecule has 2 aromatic rings. The van der Waals surface area contributed by atoms with Gasteiger partial charge in [-0.25, -0.2) is 8.42 Å². The average molecular weight is 557 g/mol. The number of rotatable bonds is 10. The van der Waals surface area contributed by atoms with E-state index in [9.17, 15) is 18.0 Å². The molecule has 2 aromatic carbocycles. The molecule has 0 aliphatic heterocycles. The van der Waals surface area contributed by atoms with Crippen LogP contribution in [0.3, 0.4) is 0 Å². The molecule has 2 rings (SSSR count). The van der Waals surface area contributed by atoms with E-state index in [2.05, 4.69) is 5.32 Å². The van der Waals surface area contributed by atoms with E-state index in [-0.39, 0.29) is 12.5 Å². The zero-order valence-electron chi connectivity index (χ0n) is 21.6. The SMILES string of the molecule is CCc1ccc(N(CC(=O)N(Cc2c(Cl)cccc2Cl)[C@H](CC)C(=O)NC(C)(C)C)S(C)(=O)=O)cc1. The van der Waals surface area contributed by atoms with Crippen LogP contribution >= 0.6 is 23.2 Å². The van der Waals surface area contributed by atoms with Crippen LogP contribution in [0.2, 0.25) is 10.0 Å². The molecule has 2 amide bonds. The van der Waals surface area contributed by atoms with Gasteiger partial charge in [-0.1, -0.05) is 55.2 Å². The number of anilines is 1. The maximum Gasteiger partial charge on any atom is 0.244 e. The van der Waals surface area contributed by atoms with Crippen LogP contribution in [0, 0.1) is 0 Å². The highest BCUT2D eigenvalue weighted by molar-refractivity contribution is 7.92. The van der Waals surface area contributed by atoms with Crippen molar-refractivity contribution >= 4 is 50.7 Å². The molecule has 1 atom stereocenters. The number of sulfonamides is 1. The molecule has 198 valence electrons. The monoisotopic (exact) mass is 555 g/mol. The van der Waals surface area contributed by atoms with Gasteiger partial charge in [0.15, 0.2) is 0 Å². The van der Waals surface area contributed by atoms with Gasteiger partial charge in [-0.15, -0.1) is 0 Å². The Bertz CT molecular complexity index is 1160. The molecule has 0 spiro atoms. The zero-order chi connectivity index (χ0) is 27.3. The fourth-order valence-corrected chi connectivity index (χ4v) is 5.10. The molecule has 1 N–H and O–H groups in total. The summed E-state index contributed by atoms with van der Waals surface area (Å²) < 4.78 is 26.5. The van der Waals surface area contributed by atoms with Crippen molar-refractivity contribution in [3.8, 4) is 0 Å². The fraction of sp³-hybridized carbons (Fsp3) is 0.462. The summed E-state index contributed by atoms with van der Waals surface area (Å²) >= 11 is 12.8. The van der Waals surface area contributed by atoms with Crippen molar-refractivity contribution in [1.29, 1.82) is 0 Å². The zero-order valence-corrected chi connectivity index (χ0v) is 24.0. The molecule has 0 unspecified atom stereocenters. The summed E-state index contributed by atoms with van der Waals surface area (Å²) in [6.45, 7) is 8.79. The van der Waals surface area contributed by atoms with Gasteiger partial charge in [0, 0.05) is 27.7 Å². The molecule has 0 heterocycles. The minimum absolute atomic E-state index is 0.0558. The molecule has 10 heteroatoms. The Morgan fingerprint density at radius 3 is 2.00 bits per heavy atom. The van der Waals surface area contributed by atoms with Crippen molar-refractivity contribution in [3.63, 3.8) is 0 Å². The van der Waals surface area contributed by atoms with Gasteiger partial charge in [0.05, 0.1) is 11.9 Å². The average Bonchev–Trinajstić information content (AvgIpc) is 2.77. The number of carbonyl (C=O) groups excluding carboxylic acids is 2. The fourth-order valence-electron chi connectivity index (χ4n) is 3.74. The molecule has 0 saturated carbocycles. The van der Waals surface area contributed by atoms with Crippen molar-refractivity contribution in [1.82, 2.24) is 10.2 Å². The molecule has 0 saturated heterocycles. The highest BCUT2D eigenvalue weighted by atomic mass is 35.5. The Hall–Kier alpha value is -2.29. The van der Waals surface area contributed by atoms with Gasteiger partial charge < -0.3 is 10.2 Å². The van der Waals surface area contributed by atoms with Crippen LogP contribution in [0.25, 0.3) is 0 Å². The van der Waals surface area contributed by atoms with E-state index in [1.807, 2.05) is 39.8 Å². The van der Waals surface area contributed by atoms with Gasteiger partial charge >= 0.3 is 0 Å². The smallest absolute Gasteiger partial charge is 0.244 e. The van der Waals surface area contributed by atoms with E-state index in [1.54, 1.807) is 37.3 Å². The first-order valence-electron chi connectivity index (χ1n) is 11.8. The summed E-state index contributed by atoms with van der Waals surface area (Å²) in [6, 6.07) is 11.1. The standard InChI is InChI=1S/C26H35Cl2N3O4S/c1-7-18-12-14-19(15-13-18)31(36(6,34)35)17-24(32)30(16-20-21(27)10-9-11-22(20)28)23(8-2)25(33)29-26(3,4)5/h9-15,23H,7-8,16-17H2,1-6H3,(H,29,33)/t23-/m1/s1. The second kappa shape index (κ2) is 12.3. The molecule has 0 aliphatic carbocycles.